The number of rotatable bonds is 12. The average molecular weight is 402 g/mol. The molecular formula is C22H31N2O3P. The third-order valence-corrected chi connectivity index (χ3v) is 7.47. The Bertz CT molecular complexity index is 768. The lowest BCUT2D eigenvalue weighted by Crippen LogP contribution is -2.33. The number of nitrogens with one attached hydrogen (secondary N) is 1. The molecule has 6 heteroatoms. The first kappa shape index (κ1) is 22.5. The molecule has 2 aromatic carbocycles. The van der Waals surface area contributed by atoms with E-state index in [2.05, 4.69) is 5.32 Å². The quantitative estimate of drug-likeness (QED) is 0.474. The van der Waals surface area contributed by atoms with Gasteiger partial charge >= 0.3 is 0 Å². The predicted octanol–water partition coefficient (Wildman–Crippen LogP) is 3.21. The van der Waals surface area contributed by atoms with Gasteiger partial charge in [0.05, 0.1) is 12.3 Å². The van der Waals surface area contributed by atoms with E-state index < -0.39 is 19.1 Å². The Morgan fingerprint density at radius 2 is 1.64 bits per heavy atom. The van der Waals surface area contributed by atoms with Crippen LogP contribution in [0.2, 0.25) is 0 Å². The van der Waals surface area contributed by atoms with Gasteiger partial charge in [0.15, 0.2) is 0 Å². The van der Waals surface area contributed by atoms with Crippen LogP contribution in [-0.4, -0.2) is 36.2 Å². The average Bonchev–Trinajstić information content (AvgIpc) is 2.72. The Kier molecular flexibility index (Phi) is 9.07. The van der Waals surface area contributed by atoms with E-state index in [4.69, 9.17) is 5.73 Å². The van der Waals surface area contributed by atoms with E-state index in [-0.39, 0.29) is 18.5 Å². The van der Waals surface area contributed by atoms with E-state index in [1.807, 2.05) is 60.7 Å². The van der Waals surface area contributed by atoms with Crippen molar-refractivity contribution in [3.05, 3.63) is 71.8 Å². The molecule has 0 amide bonds. The summed E-state index contributed by atoms with van der Waals surface area (Å²) in [5.41, 5.74) is 7.76. The molecule has 0 aromatic heterocycles. The van der Waals surface area contributed by atoms with Crippen LogP contribution in [0.25, 0.3) is 0 Å². The first-order chi connectivity index (χ1) is 13.5. The van der Waals surface area contributed by atoms with Gasteiger partial charge < -0.3 is 15.9 Å². The van der Waals surface area contributed by atoms with Gasteiger partial charge in [-0.25, -0.2) is 0 Å². The van der Waals surface area contributed by atoms with E-state index >= 15 is 0 Å². The van der Waals surface area contributed by atoms with Crippen LogP contribution in [0.3, 0.4) is 0 Å². The summed E-state index contributed by atoms with van der Waals surface area (Å²) in [7, 11) is -1.90. The monoisotopic (exact) mass is 402 g/mol. The molecule has 0 fully saturated rings. The van der Waals surface area contributed by atoms with Crippen molar-refractivity contribution in [1.29, 1.82) is 0 Å². The summed E-state index contributed by atoms with van der Waals surface area (Å²) >= 11 is 0. The lowest BCUT2D eigenvalue weighted by Gasteiger charge is -2.26. The molecule has 3 unspecified atom stereocenters. The normalized spacial score (nSPS) is 15.5. The van der Waals surface area contributed by atoms with Crippen molar-refractivity contribution in [2.75, 3.05) is 19.8 Å². The molecule has 0 saturated carbocycles. The highest BCUT2D eigenvalue weighted by Gasteiger charge is 2.34. The molecule has 0 heterocycles. The molecule has 0 bridgehead atoms. The first-order valence-electron chi connectivity index (χ1n) is 9.75. The summed E-state index contributed by atoms with van der Waals surface area (Å²) in [6.07, 6.45) is 2.60. The molecule has 3 atom stereocenters. The van der Waals surface area contributed by atoms with Crippen molar-refractivity contribution in [1.82, 2.24) is 5.32 Å². The highest BCUT2D eigenvalue weighted by Crippen LogP contribution is 2.48. The van der Waals surface area contributed by atoms with E-state index in [9.17, 15) is 14.3 Å². The molecule has 0 aliphatic rings. The minimum absolute atomic E-state index is 0.0316. The Morgan fingerprint density at radius 1 is 1.07 bits per heavy atom. The number of benzene rings is 2. The Hall–Kier alpha value is -1.78. The molecule has 4 N–H and O–H groups in total. The molecule has 0 radical (unpaired) electrons. The van der Waals surface area contributed by atoms with Crippen LogP contribution >= 0.6 is 7.37 Å². The molecule has 5 nitrogen and oxygen atoms in total. The standard InChI is InChI=1S/C22H31N2O3P/c1-24-22(15-19-11-6-3-7-12-19)28(26,27)17-20(21(25)16-23)14-8-13-18-9-4-2-5-10-18/h2-7,9-12,20,22,24H,8,13-17,23H2,1H3,(H,26,27). The van der Waals surface area contributed by atoms with E-state index in [1.165, 1.54) is 5.56 Å². The van der Waals surface area contributed by atoms with Gasteiger partial charge in [-0.1, -0.05) is 60.7 Å². The highest BCUT2D eigenvalue weighted by atomic mass is 31.2. The molecular weight excluding hydrogens is 371 g/mol. The van der Waals surface area contributed by atoms with Gasteiger partial charge in [-0.15, -0.1) is 0 Å². The number of hydrogen-bond acceptors (Lipinski definition) is 4. The van der Waals surface area contributed by atoms with Crippen LogP contribution in [0.15, 0.2) is 60.7 Å². The van der Waals surface area contributed by atoms with Crippen molar-refractivity contribution >= 4 is 13.2 Å². The lowest BCUT2D eigenvalue weighted by molar-refractivity contribution is -0.121. The maximum atomic E-state index is 13.1. The third-order valence-electron chi connectivity index (χ3n) is 5.09. The number of likely N-dealkylation sites (N-methyl/N-ethyl adjacent to an activating group) is 1. The summed E-state index contributed by atoms with van der Waals surface area (Å²) < 4.78 is 13.1. The van der Waals surface area contributed by atoms with Crippen LogP contribution in [0.5, 0.6) is 0 Å². The van der Waals surface area contributed by atoms with E-state index in [1.54, 1.807) is 7.05 Å². The summed E-state index contributed by atoms with van der Waals surface area (Å²) in [5, 5.41) is 2.98. The van der Waals surface area contributed by atoms with E-state index in [0.29, 0.717) is 12.8 Å². The van der Waals surface area contributed by atoms with Gasteiger partial charge in [0, 0.05) is 12.1 Å². The fourth-order valence-corrected chi connectivity index (χ4v) is 5.62. The Labute approximate surface area is 167 Å². The number of carbonyl (C=O) groups excluding carboxylic acids is 1. The molecule has 0 saturated heterocycles. The molecule has 2 aromatic rings. The number of aryl methyl sites for hydroxylation is 1. The van der Waals surface area contributed by atoms with Gasteiger partial charge in [-0.2, -0.15) is 0 Å². The fourth-order valence-electron chi connectivity index (χ4n) is 3.44. The van der Waals surface area contributed by atoms with Crippen molar-refractivity contribution in [3.63, 3.8) is 0 Å². The zero-order chi connectivity index (χ0) is 20.4. The minimum Gasteiger partial charge on any atom is -0.343 e. The second-order valence-electron chi connectivity index (χ2n) is 7.18. The molecule has 0 aliphatic heterocycles. The summed E-state index contributed by atoms with van der Waals surface area (Å²) in [6.45, 7) is -0.0983. The van der Waals surface area contributed by atoms with Crippen LogP contribution in [0.1, 0.15) is 24.0 Å². The van der Waals surface area contributed by atoms with Gasteiger partial charge in [0.25, 0.3) is 0 Å². The Balaban J connectivity index is 2.01. The topological polar surface area (TPSA) is 92.4 Å². The number of carbonyl (C=O) groups is 1. The Morgan fingerprint density at radius 3 is 2.18 bits per heavy atom. The minimum atomic E-state index is -3.59. The number of nitrogens with two attached hydrogens (primary N) is 1. The summed E-state index contributed by atoms with van der Waals surface area (Å²) in [6, 6.07) is 19.7. The molecule has 28 heavy (non-hydrogen) atoms. The molecule has 0 aliphatic carbocycles. The van der Waals surface area contributed by atoms with Crippen molar-refractivity contribution < 1.29 is 14.3 Å². The van der Waals surface area contributed by atoms with Gasteiger partial charge in [-0.05, 0) is 43.9 Å². The number of hydrogen-bond donors (Lipinski definition) is 3. The predicted molar refractivity (Wildman–Crippen MR) is 115 cm³/mol. The van der Waals surface area contributed by atoms with E-state index in [0.717, 1.165) is 18.4 Å². The maximum Gasteiger partial charge on any atom is 0.218 e. The smallest absolute Gasteiger partial charge is 0.218 e. The van der Waals surface area contributed by atoms with Crippen molar-refractivity contribution in [3.8, 4) is 0 Å². The SMILES string of the molecule is CNC(Cc1ccccc1)P(=O)(O)CC(CCCc1ccccc1)C(=O)CN. The maximum absolute atomic E-state index is 13.1. The molecule has 2 rings (SSSR count). The first-order valence-corrected chi connectivity index (χ1v) is 11.7. The fraction of sp³-hybridized carbons (Fsp3) is 0.409. The third kappa shape index (κ3) is 6.99. The number of Topliss-reactive ketones (excluding diaryl/α,β-unsaturated/α-hetero) is 1. The van der Waals surface area contributed by atoms with Gasteiger partial charge in [-0.3, -0.25) is 9.36 Å². The van der Waals surface area contributed by atoms with Crippen LogP contribution < -0.4 is 11.1 Å². The molecule has 152 valence electrons. The van der Waals surface area contributed by atoms with Gasteiger partial charge in [0.2, 0.25) is 7.37 Å². The van der Waals surface area contributed by atoms with Gasteiger partial charge in [0.1, 0.15) is 5.78 Å². The highest BCUT2D eigenvalue weighted by molar-refractivity contribution is 7.58. The van der Waals surface area contributed by atoms with Crippen LogP contribution in [0.4, 0.5) is 0 Å². The van der Waals surface area contributed by atoms with Crippen molar-refractivity contribution in [2.45, 2.75) is 31.5 Å². The largest absolute Gasteiger partial charge is 0.343 e. The zero-order valence-corrected chi connectivity index (χ0v) is 17.4. The summed E-state index contributed by atoms with van der Waals surface area (Å²) in [4.78, 5) is 23.1. The zero-order valence-electron chi connectivity index (χ0n) is 16.5. The second kappa shape index (κ2) is 11.3. The van der Waals surface area contributed by atoms with Crippen LogP contribution in [-0.2, 0) is 22.2 Å². The second-order valence-corrected chi connectivity index (χ2v) is 9.68. The molecule has 0 spiro atoms. The van der Waals surface area contributed by atoms with Crippen molar-refractivity contribution in [2.24, 2.45) is 11.7 Å². The summed E-state index contributed by atoms with van der Waals surface area (Å²) in [5.74, 6) is -1.22. The number of ketones is 1. The lowest BCUT2D eigenvalue weighted by atomic mass is 9.97. The van der Waals surface area contributed by atoms with Crippen LogP contribution in [0, 0.1) is 5.92 Å².